The second-order valence-electron chi connectivity index (χ2n) is 3.98. The molecule has 1 atom stereocenters. The van der Waals surface area contributed by atoms with Crippen LogP contribution >= 0.6 is 22.9 Å². The number of aryl methyl sites for hydroxylation is 1. The van der Waals surface area contributed by atoms with E-state index in [9.17, 15) is 0 Å². The summed E-state index contributed by atoms with van der Waals surface area (Å²) in [4.78, 5) is 8.53. The summed E-state index contributed by atoms with van der Waals surface area (Å²) in [5, 5.41) is 3.53. The number of nitrogens with one attached hydrogen (secondary N) is 2. The van der Waals surface area contributed by atoms with Crippen molar-refractivity contribution in [3.05, 3.63) is 39.1 Å². The van der Waals surface area contributed by atoms with Gasteiger partial charge in [0.25, 0.3) is 0 Å². The molecule has 2 aromatic rings. The number of fused-ring (bicyclic) bond motifs is 1. The van der Waals surface area contributed by atoms with Crippen molar-refractivity contribution in [3.63, 3.8) is 0 Å². The first kappa shape index (κ1) is 10.3. The standard InChI is InChI=1S/C11H12ClN3S/c12-11-3-8-9(1-2-10(8)16-11)14-5-7-4-13-6-15-7/h3-4,6,9,14H,1-2,5H2,(H,13,15). The van der Waals surface area contributed by atoms with Gasteiger partial charge >= 0.3 is 0 Å². The average Bonchev–Trinajstić information content (AvgIpc) is 2.91. The van der Waals surface area contributed by atoms with Gasteiger partial charge in [0.05, 0.1) is 10.7 Å². The quantitative estimate of drug-likeness (QED) is 0.883. The smallest absolute Gasteiger partial charge is 0.0934 e. The van der Waals surface area contributed by atoms with E-state index in [1.165, 1.54) is 16.9 Å². The monoisotopic (exact) mass is 253 g/mol. The number of rotatable bonds is 3. The Labute approximate surface area is 103 Å². The van der Waals surface area contributed by atoms with Crippen molar-refractivity contribution in [3.8, 4) is 0 Å². The molecule has 1 aliphatic carbocycles. The maximum Gasteiger partial charge on any atom is 0.0934 e. The Bertz CT molecular complexity index is 477. The van der Waals surface area contributed by atoms with Crippen LogP contribution < -0.4 is 5.32 Å². The number of H-pyrrole nitrogens is 1. The molecular formula is C11H12ClN3S. The van der Waals surface area contributed by atoms with Crippen LogP contribution in [-0.2, 0) is 13.0 Å². The Hall–Kier alpha value is -0.840. The normalized spacial score (nSPS) is 18.9. The summed E-state index contributed by atoms with van der Waals surface area (Å²) in [6.07, 6.45) is 5.88. The van der Waals surface area contributed by atoms with E-state index >= 15 is 0 Å². The van der Waals surface area contributed by atoms with Crippen LogP contribution in [0.15, 0.2) is 18.6 Å². The Morgan fingerprint density at radius 3 is 3.38 bits per heavy atom. The SMILES string of the molecule is Clc1cc2c(s1)CCC2NCc1cnc[nH]1. The lowest BCUT2D eigenvalue weighted by Gasteiger charge is -2.11. The molecule has 1 aliphatic rings. The third-order valence-electron chi connectivity index (χ3n) is 2.94. The Morgan fingerprint density at radius 1 is 1.62 bits per heavy atom. The van der Waals surface area contributed by atoms with Crippen LogP contribution in [0.3, 0.4) is 0 Å². The molecule has 0 fully saturated rings. The molecule has 84 valence electrons. The van der Waals surface area contributed by atoms with E-state index in [1.54, 1.807) is 17.7 Å². The molecule has 5 heteroatoms. The van der Waals surface area contributed by atoms with Crippen molar-refractivity contribution in [2.24, 2.45) is 0 Å². The lowest BCUT2D eigenvalue weighted by molar-refractivity contribution is 0.526. The van der Waals surface area contributed by atoms with Crippen molar-refractivity contribution in [2.45, 2.75) is 25.4 Å². The molecule has 2 aromatic heterocycles. The number of halogens is 1. The third-order valence-corrected chi connectivity index (χ3v) is 4.28. The van der Waals surface area contributed by atoms with Crippen molar-refractivity contribution >= 4 is 22.9 Å². The molecule has 16 heavy (non-hydrogen) atoms. The molecule has 0 saturated carbocycles. The van der Waals surface area contributed by atoms with E-state index < -0.39 is 0 Å². The van der Waals surface area contributed by atoms with Crippen molar-refractivity contribution in [1.29, 1.82) is 0 Å². The third kappa shape index (κ3) is 1.88. The maximum atomic E-state index is 6.02. The largest absolute Gasteiger partial charge is 0.347 e. The Balaban J connectivity index is 1.69. The van der Waals surface area contributed by atoms with Gasteiger partial charge in [0.1, 0.15) is 0 Å². The highest BCUT2D eigenvalue weighted by atomic mass is 35.5. The maximum absolute atomic E-state index is 6.02. The highest BCUT2D eigenvalue weighted by molar-refractivity contribution is 7.16. The summed E-state index contributed by atoms with van der Waals surface area (Å²) in [7, 11) is 0. The summed E-state index contributed by atoms with van der Waals surface area (Å²) in [6, 6.07) is 2.54. The Morgan fingerprint density at radius 2 is 2.56 bits per heavy atom. The van der Waals surface area contributed by atoms with Gasteiger partial charge in [-0.3, -0.25) is 0 Å². The van der Waals surface area contributed by atoms with Gasteiger partial charge in [-0.2, -0.15) is 0 Å². The van der Waals surface area contributed by atoms with E-state index in [-0.39, 0.29) is 0 Å². The van der Waals surface area contributed by atoms with Crippen molar-refractivity contribution < 1.29 is 0 Å². The van der Waals surface area contributed by atoms with E-state index in [1.807, 2.05) is 6.20 Å². The predicted octanol–water partition coefficient (Wildman–Crippen LogP) is 2.90. The molecule has 3 rings (SSSR count). The molecule has 0 radical (unpaired) electrons. The van der Waals surface area contributed by atoms with Crippen LogP contribution in [0.1, 0.15) is 28.6 Å². The van der Waals surface area contributed by atoms with Crippen molar-refractivity contribution in [2.75, 3.05) is 0 Å². The summed E-state index contributed by atoms with van der Waals surface area (Å²) in [5.41, 5.74) is 2.50. The lowest BCUT2D eigenvalue weighted by Crippen LogP contribution is -2.18. The molecular weight excluding hydrogens is 242 g/mol. The molecule has 1 unspecified atom stereocenters. The minimum Gasteiger partial charge on any atom is -0.347 e. The van der Waals surface area contributed by atoms with Gasteiger partial charge < -0.3 is 10.3 Å². The molecule has 2 heterocycles. The van der Waals surface area contributed by atoms with Crippen molar-refractivity contribution in [1.82, 2.24) is 15.3 Å². The van der Waals surface area contributed by atoms with Gasteiger partial charge in [-0.05, 0) is 24.5 Å². The Kier molecular flexibility index (Phi) is 2.71. The lowest BCUT2D eigenvalue weighted by atomic mass is 10.2. The van der Waals surface area contributed by atoms with Gasteiger partial charge in [-0.15, -0.1) is 11.3 Å². The highest BCUT2D eigenvalue weighted by Gasteiger charge is 2.24. The fraction of sp³-hybridized carbons (Fsp3) is 0.364. The first-order valence-electron chi connectivity index (χ1n) is 5.31. The molecule has 0 aliphatic heterocycles. The number of aromatic amines is 1. The zero-order valence-electron chi connectivity index (χ0n) is 8.66. The molecule has 3 nitrogen and oxygen atoms in total. The van der Waals surface area contributed by atoms with Crippen LogP contribution in [0.2, 0.25) is 4.34 Å². The number of nitrogens with zero attached hydrogens (tertiary/aromatic N) is 1. The van der Waals surface area contributed by atoms with E-state index in [2.05, 4.69) is 21.4 Å². The minimum atomic E-state index is 0.446. The van der Waals surface area contributed by atoms with Gasteiger partial charge in [0.15, 0.2) is 0 Å². The highest BCUT2D eigenvalue weighted by Crippen LogP contribution is 2.39. The van der Waals surface area contributed by atoms with Gasteiger partial charge in [0, 0.05) is 29.4 Å². The predicted molar refractivity (Wildman–Crippen MR) is 65.8 cm³/mol. The molecule has 2 N–H and O–H groups in total. The summed E-state index contributed by atoms with van der Waals surface area (Å²) < 4.78 is 0.901. The molecule has 0 saturated heterocycles. The molecule has 0 bridgehead atoms. The fourth-order valence-corrected chi connectivity index (χ4v) is 3.51. The second kappa shape index (κ2) is 4.20. The van der Waals surface area contributed by atoms with Crippen LogP contribution in [0.5, 0.6) is 0 Å². The first-order chi connectivity index (χ1) is 7.83. The van der Waals surface area contributed by atoms with E-state index in [0.29, 0.717) is 6.04 Å². The fourth-order valence-electron chi connectivity index (χ4n) is 2.16. The number of imidazole rings is 1. The van der Waals surface area contributed by atoms with Crippen LogP contribution in [0.25, 0.3) is 0 Å². The molecule has 0 amide bonds. The van der Waals surface area contributed by atoms with Gasteiger partial charge in [-0.25, -0.2) is 4.98 Å². The average molecular weight is 254 g/mol. The zero-order valence-corrected chi connectivity index (χ0v) is 10.2. The van der Waals surface area contributed by atoms with Crippen LogP contribution in [0.4, 0.5) is 0 Å². The van der Waals surface area contributed by atoms with Crippen LogP contribution in [-0.4, -0.2) is 9.97 Å². The molecule has 0 spiro atoms. The first-order valence-corrected chi connectivity index (χ1v) is 6.51. The molecule has 0 aromatic carbocycles. The number of aromatic nitrogens is 2. The van der Waals surface area contributed by atoms with Gasteiger partial charge in [-0.1, -0.05) is 11.6 Å². The zero-order chi connectivity index (χ0) is 11.0. The number of thiophene rings is 1. The van der Waals surface area contributed by atoms with E-state index in [4.69, 9.17) is 11.6 Å². The second-order valence-corrected chi connectivity index (χ2v) is 5.75. The van der Waals surface area contributed by atoms with Gasteiger partial charge in [0.2, 0.25) is 0 Å². The topological polar surface area (TPSA) is 40.7 Å². The van der Waals surface area contributed by atoms with Crippen LogP contribution in [0, 0.1) is 0 Å². The minimum absolute atomic E-state index is 0.446. The van der Waals surface area contributed by atoms with E-state index in [0.717, 1.165) is 23.0 Å². The number of hydrogen-bond acceptors (Lipinski definition) is 3. The summed E-state index contributed by atoms with van der Waals surface area (Å²) >= 11 is 7.73. The summed E-state index contributed by atoms with van der Waals surface area (Å²) in [6.45, 7) is 0.831. The summed E-state index contributed by atoms with van der Waals surface area (Å²) in [5.74, 6) is 0. The number of hydrogen-bond donors (Lipinski definition) is 2.